The third-order valence-corrected chi connectivity index (χ3v) is 1.22. The molecule has 0 radical (unpaired) electrons. The molecule has 0 amide bonds. The molecule has 1 aromatic heterocycles. The Labute approximate surface area is 69.1 Å². The van der Waals surface area contributed by atoms with Crippen molar-refractivity contribution in [1.82, 2.24) is 0 Å². The van der Waals surface area contributed by atoms with Crippen molar-refractivity contribution in [3.63, 3.8) is 0 Å². The van der Waals surface area contributed by atoms with Gasteiger partial charge in [-0.15, -0.1) is 11.6 Å². The minimum absolute atomic E-state index is 0.137. The topological polar surface area (TPSA) is 30.2 Å². The van der Waals surface area contributed by atoms with E-state index in [0.29, 0.717) is 0 Å². The standard InChI is InChI=1S/C7H7ClNO2/c8-6-7(10)11-9-4-2-1-3-5-9/h1-5H,6H2/q+1. The largest absolute Gasteiger partial charge is 0.394 e. The van der Waals surface area contributed by atoms with E-state index in [0.717, 1.165) is 0 Å². The number of halogens is 1. The van der Waals surface area contributed by atoms with Crippen LogP contribution in [-0.2, 0) is 4.79 Å². The Kier molecular flexibility index (Phi) is 2.86. The van der Waals surface area contributed by atoms with Gasteiger partial charge in [0.25, 0.3) is 0 Å². The van der Waals surface area contributed by atoms with Gasteiger partial charge in [-0.25, -0.2) is 4.79 Å². The Morgan fingerprint density at radius 2 is 2.00 bits per heavy atom. The molecule has 1 heterocycles. The molecule has 0 aliphatic rings. The molecule has 4 heteroatoms. The number of rotatable bonds is 2. The van der Waals surface area contributed by atoms with Crippen molar-refractivity contribution >= 4 is 17.6 Å². The summed E-state index contributed by atoms with van der Waals surface area (Å²) in [5.74, 6) is -0.607. The quantitative estimate of drug-likeness (QED) is 0.470. The first-order chi connectivity index (χ1) is 5.33. The Morgan fingerprint density at radius 3 is 2.55 bits per heavy atom. The Hall–Kier alpha value is -1.09. The van der Waals surface area contributed by atoms with Crippen LogP contribution in [0.25, 0.3) is 0 Å². The zero-order valence-corrected chi connectivity index (χ0v) is 6.49. The fraction of sp³-hybridized carbons (Fsp3) is 0.143. The molecule has 3 nitrogen and oxygen atoms in total. The van der Waals surface area contributed by atoms with Crippen LogP contribution in [0.2, 0.25) is 0 Å². The first kappa shape index (κ1) is 8.01. The molecule has 58 valence electrons. The van der Waals surface area contributed by atoms with Crippen LogP contribution < -0.4 is 9.57 Å². The van der Waals surface area contributed by atoms with Crippen LogP contribution in [0, 0.1) is 0 Å². The second kappa shape index (κ2) is 3.93. The van der Waals surface area contributed by atoms with E-state index in [-0.39, 0.29) is 5.88 Å². The highest BCUT2D eigenvalue weighted by Gasteiger charge is 2.06. The van der Waals surface area contributed by atoms with Gasteiger partial charge < -0.3 is 0 Å². The monoisotopic (exact) mass is 172 g/mol. The smallest absolute Gasteiger partial charge is 0.243 e. The molecule has 0 unspecified atom stereocenters. The maximum absolute atomic E-state index is 10.6. The summed E-state index contributed by atoms with van der Waals surface area (Å²) in [5, 5.41) is 0. The fourth-order valence-electron chi connectivity index (χ4n) is 0.586. The lowest BCUT2D eigenvalue weighted by Gasteiger charge is -1.90. The molecule has 1 rings (SSSR count). The van der Waals surface area contributed by atoms with Crippen LogP contribution in [0.4, 0.5) is 0 Å². The van der Waals surface area contributed by atoms with E-state index in [2.05, 4.69) is 0 Å². The Morgan fingerprint density at radius 1 is 1.36 bits per heavy atom. The molecule has 0 saturated heterocycles. The zero-order chi connectivity index (χ0) is 8.10. The van der Waals surface area contributed by atoms with Gasteiger partial charge in [-0.05, 0) is 0 Å². The first-order valence-corrected chi connectivity index (χ1v) is 3.60. The molecule has 0 aliphatic carbocycles. The maximum atomic E-state index is 10.6. The summed E-state index contributed by atoms with van der Waals surface area (Å²) in [5.41, 5.74) is 0. The average molecular weight is 173 g/mol. The van der Waals surface area contributed by atoms with Crippen molar-refractivity contribution < 1.29 is 14.4 Å². The zero-order valence-electron chi connectivity index (χ0n) is 5.74. The first-order valence-electron chi connectivity index (χ1n) is 3.06. The van der Waals surface area contributed by atoms with Crippen LogP contribution in [0.5, 0.6) is 0 Å². The van der Waals surface area contributed by atoms with Crippen molar-refractivity contribution in [3.8, 4) is 0 Å². The van der Waals surface area contributed by atoms with Crippen LogP contribution in [-0.4, -0.2) is 11.8 Å². The van der Waals surface area contributed by atoms with Gasteiger partial charge in [-0.2, -0.15) is 4.84 Å². The van der Waals surface area contributed by atoms with Crippen LogP contribution in [0.1, 0.15) is 0 Å². The number of aromatic nitrogens is 1. The van der Waals surface area contributed by atoms with Gasteiger partial charge in [0.15, 0.2) is 0 Å². The van der Waals surface area contributed by atoms with E-state index in [1.807, 2.05) is 6.07 Å². The Balaban J connectivity index is 2.58. The molecular formula is C7H7ClNO2+. The van der Waals surface area contributed by atoms with Crippen molar-refractivity contribution in [2.45, 2.75) is 0 Å². The Bertz CT molecular complexity index is 237. The van der Waals surface area contributed by atoms with Crippen LogP contribution in [0.3, 0.4) is 0 Å². The van der Waals surface area contributed by atoms with Gasteiger partial charge in [0, 0.05) is 16.9 Å². The lowest BCUT2D eigenvalue weighted by atomic mass is 10.5. The predicted octanol–water partition coefficient (Wildman–Crippen LogP) is 0.168. The third-order valence-electron chi connectivity index (χ3n) is 1.00. The number of hydrogen-bond donors (Lipinski definition) is 0. The number of nitrogens with zero attached hydrogens (tertiary/aromatic N) is 1. The van der Waals surface area contributed by atoms with E-state index in [1.165, 1.54) is 4.73 Å². The molecule has 0 N–H and O–H groups in total. The van der Waals surface area contributed by atoms with E-state index in [1.54, 1.807) is 24.5 Å². The summed E-state index contributed by atoms with van der Waals surface area (Å²) in [6, 6.07) is 5.33. The maximum Gasteiger partial charge on any atom is 0.394 e. The van der Waals surface area contributed by atoms with E-state index < -0.39 is 5.97 Å². The van der Waals surface area contributed by atoms with Gasteiger partial charge in [0.05, 0.1) is 0 Å². The number of carbonyl (C=O) groups is 1. The second-order valence-electron chi connectivity index (χ2n) is 1.83. The molecule has 0 fully saturated rings. The van der Waals surface area contributed by atoms with Crippen LogP contribution >= 0.6 is 11.6 Å². The van der Waals surface area contributed by atoms with Gasteiger partial charge in [0.2, 0.25) is 12.4 Å². The molecule has 0 aromatic carbocycles. The molecule has 0 spiro atoms. The minimum Gasteiger partial charge on any atom is -0.243 e. The van der Waals surface area contributed by atoms with E-state index in [4.69, 9.17) is 16.4 Å². The second-order valence-corrected chi connectivity index (χ2v) is 2.10. The highest BCUT2D eigenvalue weighted by atomic mass is 35.5. The molecule has 1 aromatic rings. The lowest BCUT2D eigenvalue weighted by Crippen LogP contribution is -2.45. The van der Waals surface area contributed by atoms with Gasteiger partial charge in [0.1, 0.15) is 5.88 Å². The number of alkyl halides is 1. The number of carbonyl (C=O) groups excluding carboxylic acids is 1. The summed E-state index contributed by atoms with van der Waals surface area (Å²) in [6.45, 7) is 0. The predicted molar refractivity (Wildman–Crippen MR) is 38.9 cm³/mol. The molecular weight excluding hydrogens is 166 g/mol. The van der Waals surface area contributed by atoms with Crippen LogP contribution in [0.15, 0.2) is 30.6 Å². The van der Waals surface area contributed by atoms with Gasteiger partial charge in [-0.1, -0.05) is 6.07 Å². The molecule has 0 bridgehead atoms. The summed E-state index contributed by atoms with van der Waals surface area (Å²) in [7, 11) is 0. The fourth-order valence-corrected chi connectivity index (χ4v) is 0.634. The SMILES string of the molecule is O=C(CCl)O[n+]1ccccc1. The summed E-state index contributed by atoms with van der Waals surface area (Å²) < 4.78 is 1.30. The summed E-state index contributed by atoms with van der Waals surface area (Å²) in [4.78, 5) is 15.3. The van der Waals surface area contributed by atoms with Gasteiger partial charge >= 0.3 is 5.97 Å². The third kappa shape index (κ3) is 2.55. The molecule has 0 saturated carbocycles. The highest BCUT2D eigenvalue weighted by Crippen LogP contribution is 1.77. The normalized spacial score (nSPS) is 9.18. The van der Waals surface area contributed by atoms with Crippen molar-refractivity contribution in [2.75, 3.05) is 5.88 Å². The lowest BCUT2D eigenvalue weighted by molar-refractivity contribution is -0.869. The van der Waals surface area contributed by atoms with E-state index >= 15 is 0 Å². The molecule has 0 atom stereocenters. The number of hydrogen-bond acceptors (Lipinski definition) is 2. The van der Waals surface area contributed by atoms with Crippen molar-refractivity contribution in [3.05, 3.63) is 30.6 Å². The molecule has 11 heavy (non-hydrogen) atoms. The molecule has 0 aliphatic heterocycles. The van der Waals surface area contributed by atoms with E-state index in [9.17, 15) is 4.79 Å². The van der Waals surface area contributed by atoms with Crippen molar-refractivity contribution in [1.29, 1.82) is 0 Å². The highest BCUT2D eigenvalue weighted by molar-refractivity contribution is 6.26. The summed E-state index contributed by atoms with van der Waals surface area (Å²) in [6.07, 6.45) is 3.23. The minimum atomic E-state index is -0.470. The summed E-state index contributed by atoms with van der Waals surface area (Å²) >= 11 is 5.21. The van der Waals surface area contributed by atoms with Gasteiger partial charge in [-0.3, -0.25) is 0 Å². The van der Waals surface area contributed by atoms with Crippen molar-refractivity contribution in [2.24, 2.45) is 0 Å². The number of pyridine rings is 1. The average Bonchev–Trinajstić information content (AvgIpc) is 2.06.